The largest absolute Gasteiger partial charge is 0.322 e. The molecule has 0 unspecified atom stereocenters. The van der Waals surface area contributed by atoms with Gasteiger partial charge in [0.2, 0.25) is 11.0 Å². The summed E-state index contributed by atoms with van der Waals surface area (Å²) in [5, 5.41) is 11.8. The van der Waals surface area contributed by atoms with Gasteiger partial charge >= 0.3 is 0 Å². The van der Waals surface area contributed by atoms with Crippen LogP contribution in [-0.2, 0) is 17.8 Å². The first kappa shape index (κ1) is 20.8. The number of nitrogens with zero attached hydrogens (tertiary/aromatic N) is 3. The number of rotatable bonds is 5. The molecule has 0 radical (unpaired) electrons. The number of amides is 2. The number of carbonyl (C=O) groups excluding carboxylic acids is 2. The number of fused-ring (bicyclic) bond motifs is 1. The Morgan fingerprint density at radius 2 is 1.90 bits per heavy atom. The second-order valence-corrected chi connectivity index (χ2v) is 9.59. The van der Waals surface area contributed by atoms with Gasteiger partial charge in [-0.3, -0.25) is 14.9 Å². The van der Waals surface area contributed by atoms with E-state index in [1.165, 1.54) is 11.3 Å². The van der Waals surface area contributed by atoms with E-state index in [-0.39, 0.29) is 11.8 Å². The highest BCUT2D eigenvalue weighted by Crippen LogP contribution is 2.29. The summed E-state index contributed by atoms with van der Waals surface area (Å²) in [6, 6.07) is 14.1. The van der Waals surface area contributed by atoms with E-state index < -0.39 is 6.04 Å². The lowest BCUT2D eigenvalue weighted by Crippen LogP contribution is -2.50. The zero-order valence-electron chi connectivity index (χ0n) is 16.2. The average molecular weight is 459 g/mol. The van der Waals surface area contributed by atoms with Gasteiger partial charge in [-0.25, -0.2) is 0 Å². The van der Waals surface area contributed by atoms with Crippen LogP contribution < -0.4 is 5.32 Å². The van der Waals surface area contributed by atoms with Crippen LogP contribution in [0.5, 0.6) is 0 Å². The second kappa shape index (κ2) is 9.16. The molecular weight excluding hydrogens is 440 g/mol. The van der Waals surface area contributed by atoms with Crippen molar-refractivity contribution in [3.63, 3.8) is 0 Å². The number of thioether (sulfide) groups is 1. The topological polar surface area (TPSA) is 75.2 Å². The number of benzene rings is 2. The van der Waals surface area contributed by atoms with Crippen LogP contribution in [0, 0.1) is 0 Å². The lowest BCUT2D eigenvalue weighted by atomic mass is 9.93. The van der Waals surface area contributed by atoms with E-state index in [0.29, 0.717) is 28.7 Å². The van der Waals surface area contributed by atoms with Crippen molar-refractivity contribution < 1.29 is 9.59 Å². The van der Waals surface area contributed by atoms with Crippen LogP contribution in [0.3, 0.4) is 0 Å². The van der Waals surface area contributed by atoms with Gasteiger partial charge in [0.05, 0.1) is 10.6 Å². The highest BCUT2D eigenvalue weighted by Gasteiger charge is 2.36. The summed E-state index contributed by atoms with van der Waals surface area (Å²) >= 11 is 9.16. The first-order valence-corrected chi connectivity index (χ1v) is 11.6. The van der Waals surface area contributed by atoms with Crippen molar-refractivity contribution in [3.05, 3.63) is 70.2 Å². The van der Waals surface area contributed by atoms with E-state index in [2.05, 4.69) is 15.5 Å². The second-order valence-electron chi connectivity index (χ2n) is 6.70. The number of carbonyl (C=O) groups is 2. The molecule has 0 saturated heterocycles. The number of hydrogen-bond acceptors (Lipinski definition) is 6. The zero-order chi connectivity index (χ0) is 21.1. The molecule has 30 heavy (non-hydrogen) atoms. The minimum atomic E-state index is -0.671. The van der Waals surface area contributed by atoms with Crippen LogP contribution in [0.2, 0.25) is 5.02 Å². The maximum absolute atomic E-state index is 13.3. The van der Waals surface area contributed by atoms with E-state index in [0.717, 1.165) is 21.2 Å². The van der Waals surface area contributed by atoms with E-state index in [9.17, 15) is 9.59 Å². The molecule has 1 aromatic heterocycles. The molecule has 0 bridgehead atoms. The predicted molar refractivity (Wildman–Crippen MR) is 120 cm³/mol. The summed E-state index contributed by atoms with van der Waals surface area (Å²) in [6.07, 6.45) is 0.424. The Morgan fingerprint density at radius 1 is 1.17 bits per heavy atom. The molecule has 6 nitrogen and oxygen atoms in total. The molecule has 1 aliphatic rings. The number of anilines is 1. The molecule has 1 N–H and O–H groups in total. The van der Waals surface area contributed by atoms with Crippen molar-refractivity contribution in [2.24, 2.45) is 0 Å². The highest BCUT2D eigenvalue weighted by atomic mass is 35.5. The van der Waals surface area contributed by atoms with Gasteiger partial charge in [0.1, 0.15) is 6.04 Å². The van der Waals surface area contributed by atoms with Crippen molar-refractivity contribution in [1.29, 1.82) is 0 Å². The quantitative estimate of drug-likeness (QED) is 0.449. The summed E-state index contributed by atoms with van der Waals surface area (Å²) in [5.74, 6) is 0.325. The van der Waals surface area contributed by atoms with Crippen LogP contribution in [0.1, 0.15) is 28.4 Å². The van der Waals surface area contributed by atoms with Gasteiger partial charge in [0, 0.05) is 13.0 Å². The van der Waals surface area contributed by atoms with Crippen LogP contribution in [0.4, 0.5) is 5.13 Å². The maximum Gasteiger partial charge on any atom is 0.256 e. The zero-order valence-corrected chi connectivity index (χ0v) is 18.6. The molecule has 0 saturated carbocycles. The molecule has 9 heteroatoms. The summed E-state index contributed by atoms with van der Waals surface area (Å²) < 4.78 is 0.797. The molecule has 0 fully saturated rings. The van der Waals surface area contributed by atoms with Crippen molar-refractivity contribution >= 4 is 51.6 Å². The van der Waals surface area contributed by atoms with Gasteiger partial charge in [-0.15, -0.1) is 10.2 Å². The third kappa shape index (κ3) is 4.35. The molecule has 1 aliphatic heterocycles. The number of nitrogens with one attached hydrogen (secondary N) is 1. The third-order valence-corrected chi connectivity index (χ3v) is 7.00. The summed E-state index contributed by atoms with van der Waals surface area (Å²) in [4.78, 5) is 28.1. The molecule has 2 heterocycles. The highest BCUT2D eigenvalue weighted by molar-refractivity contribution is 8.01. The summed E-state index contributed by atoms with van der Waals surface area (Å²) in [5.41, 5.74) is 2.47. The fourth-order valence-corrected chi connectivity index (χ4v) is 5.26. The first-order chi connectivity index (χ1) is 14.6. The van der Waals surface area contributed by atoms with Crippen LogP contribution in [-0.4, -0.2) is 38.7 Å². The average Bonchev–Trinajstić information content (AvgIpc) is 3.19. The van der Waals surface area contributed by atoms with Crippen LogP contribution in [0.15, 0.2) is 52.9 Å². The Balaban J connectivity index is 1.62. The standard InChI is InChI=1S/C21H19ClN4O2S2/c1-2-29-21-25-24-20(30-21)23-18(27)17-11-13-7-3-4-8-14(13)12-26(17)19(28)15-9-5-6-10-16(15)22/h3-10,17H,2,11-12H2,1H3,(H,23,24,27)/t17-/m0/s1. The monoisotopic (exact) mass is 458 g/mol. The lowest BCUT2D eigenvalue weighted by Gasteiger charge is -2.36. The van der Waals surface area contributed by atoms with E-state index in [4.69, 9.17) is 11.6 Å². The molecule has 3 aromatic rings. The first-order valence-electron chi connectivity index (χ1n) is 9.46. The fourth-order valence-electron chi connectivity index (χ4n) is 3.39. The maximum atomic E-state index is 13.3. The van der Waals surface area contributed by atoms with Crippen molar-refractivity contribution in [1.82, 2.24) is 15.1 Å². The van der Waals surface area contributed by atoms with Crippen molar-refractivity contribution in [2.75, 3.05) is 11.1 Å². The molecule has 2 aromatic carbocycles. The normalized spacial score (nSPS) is 15.5. The Morgan fingerprint density at radius 3 is 2.67 bits per heavy atom. The van der Waals surface area contributed by atoms with Gasteiger partial charge in [0.15, 0.2) is 4.34 Å². The predicted octanol–water partition coefficient (Wildman–Crippen LogP) is 4.51. The van der Waals surface area contributed by atoms with Gasteiger partial charge in [-0.1, -0.05) is 78.0 Å². The molecule has 1 atom stereocenters. The Bertz CT molecular complexity index is 1090. The van der Waals surface area contributed by atoms with Crippen molar-refractivity contribution in [2.45, 2.75) is 30.3 Å². The smallest absolute Gasteiger partial charge is 0.256 e. The summed E-state index contributed by atoms with van der Waals surface area (Å²) in [7, 11) is 0. The van der Waals surface area contributed by atoms with Gasteiger partial charge < -0.3 is 4.90 Å². The van der Waals surface area contributed by atoms with Gasteiger partial charge in [-0.2, -0.15) is 0 Å². The Kier molecular flexibility index (Phi) is 6.36. The molecule has 154 valence electrons. The third-order valence-electron chi connectivity index (χ3n) is 4.82. The van der Waals surface area contributed by atoms with Crippen molar-refractivity contribution in [3.8, 4) is 0 Å². The van der Waals surface area contributed by atoms with Gasteiger partial charge in [0.25, 0.3) is 5.91 Å². The molecule has 0 aliphatic carbocycles. The van der Waals surface area contributed by atoms with E-state index in [1.807, 2.05) is 31.2 Å². The molecule has 4 rings (SSSR count). The van der Waals surface area contributed by atoms with E-state index in [1.54, 1.807) is 40.9 Å². The van der Waals surface area contributed by atoms with Gasteiger partial charge in [-0.05, 0) is 29.0 Å². The van der Waals surface area contributed by atoms with Crippen LogP contribution >= 0.6 is 34.7 Å². The Hall–Kier alpha value is -2.42. The molecule has 2 amide bonds. The lowest BCUT2D eigenvalue weighted by molar-refractivity contribution is -0.121. The van der Waals surface area contributed by atoms with E-state index >= 15 is 0 Å². The number of halogens is 1. The Labute approximate surface area is 187 Å². The summed E-state index contributed by atoms with van der Waals surface area (Å²) in [6.45, 7) is 2.37. The SMILES string of the molecule is CCSc1nnc(NC(=O)[C@@H]2Cc3ccccc3CN2C(=O)c2ccccc2Cl)s1. The number of hydrogen-bond donors (Lipinski definition) is 1. The minimum Gasteiger partial charge on any atom is -0.322 e. The molecular formula is C21H19ClN4O2S2. The minimum absolute atomic E-state index is 0.269. The molecule has 0 spiro atoms. The number of aromatic nitrogens is 2. The van der Waals surface area contributed by atoms with Crippen LogP contribution in [0.25, 0.3) is 0 Å². The fraction of sp³-hybridized carbons (Fsp3) is 0.238.